The van der Waals surface area contributed by atoms with Gasteiger partial charge in [0.15, 0.2) is 0 Å². The van der Waals surface area contributed by atoms with Crippen molar-refractivity contribution in [3.05, 3.63) is 167 Å². The number of Topliss-reactive ketones (excluding diaryl/α,β-unsaturated/α-hetero) is 2. The molecule has 0 atom stereocenters. The number of benzene rings is 8. The minimum absolute atomic E-state index is 0.176. The number of phenols is 4. The van der Waals surface area contributed by atoms with Gasteiger partial charge in [-0.05, 0) is 95.1 Å². The standard InChI is InChI=1S/2C22H18O2.C6F4O2/c2*1-13-3-7-17-15(11-13)5-9-19(23)21(17)22-18-8-4-14(2)12-16(18)6-10-20(22)24;7-1-2(8)6(12)4(10)3(9)5(1)11/h2*3-12,23-24H,1-2H3;. The molecule has 6 nitrogen and oxygen atoms in total. The number of halogens is 4. The van der Waals surface area contributed by atoms with Crippen molar-refractivity contribution in [3.63, 3.8) is 0 Å². The van der Waals surface area contributed by atoms with Crippen molar-refractivity contribution in [1.82, 2.24) is 0 Å². The van der Waals surface area contributed by atoms with Crippen molar-refractivity contribution < 1.29 is 47.6 Å². The monoisotopic (exact) mass is 808 g/mol. The minimum Gasteiger partial charge on any atom is -0.507 e. The summed E-state index contributed by atoms with van der Waals surface area (Å²) in [6, 6.07) is 38.9. The summed E-state index contributed by atoms with van der Waals surface area (Å²) in [6.45, 7) is 8.18. The smallest absolute Gasteiger partial charge is 0.256 e. The largest absolute Gasteiger partial charge is 0.507 e. The van der Waals surface area contributed by atoms with E-state index in [-0.39, 0.29) is 23.0 Å². The first-order valence-corrected chi connectivity index (χ1v) is 18.7. The fourth-order valence-corrected chi connectivity index (χ4v) is 7.39. The average Bonchev–Trinajstić information content (AvgIpc) is 3.23. The topological polar surface area (TPSA) is 115 Å². The Labute approximate surface area is 341 Å². The molecule has 0 bridgehead atoms. The van der Waals surface area contributed by atoms with Gasteiger partial charge in [0, 0.05) is 22.3 Å². The van der Waals surface area contributed by atoms with Gasteiger partial charge >= 0.3 is 0 Å². The molecule has 0 saturated carbocycles. The highest BCUT2D eigenvalue weighted by Gasteiger charge is 2.37. The lowest BCUT2D eigenvalue weighted by Gasteiger charge is -2.14. The van der Waals surface area contributed by atoms with Gasteiger partial charge < -0.3 is 20.4 Å². The second kappa shape index (κ2) is 16.1. The Morgan fingerprint density at radius 3 is 0.717 bits per heavy atom. The maximum absolute atomic E-state index is 12.1. The van der Waals surface area contributed by atoms with Gasteiger partial charge in [-0.1, -0.05) is 119 Å². The van der Waals surface area contributed by atoms with Crippen molar-refractivity contribution in [2.75, 3.05) is 0 Å². The molecule has 300 valence electrons. The lowest BCUT2D eigenvalue weighted by atomic mass is 9.91. The summed E-state index contributed by atoms with van der Waals surface area (Å²) in [4.78, 5) is 20.4. The van der Waals surface area contributed by atoms with Crippen molar-refractivity contribution in [1.29, 1.82) is 0 Å². The minimum atomic E-state index is -2.20. The van der Waals surface area contributed by atoms with Crippen LogP contribution in [0.1, 0.15) is 22.3 Å². The highest BCUT2D eigenvalue weighted by molar-refractivity contribution is 6.21. The van der Waals surface area contributed by atoms with Crippen LogP contribution in [0.4, 0.5) is 17.6 Å². The van der Waals surface area contributed by atoms with Crippen LogP contribution in [0.3, 0.4) is 0 Å². The predicted molar refractivity (Wildman–Crippen MR) is 228 cm³/mol. The molecule has 0 saturated heterocycles. The van der Waals surface area contributed by atoms with Gasteiger partial charge in [-0.25, -0.2) is 0 Å². The summed E-state index contributed by atoms with van der Waals surface area (Å²) < 4.78 is 48.6. The molecule has 4 N–H and O–H groups in total. The van der Waals surface area contributed by atoms with Crippen molar-refractivity contribution in [2.45, 2.75) is 27.7 Å². The van der Waals surface area contributed by atoms with E-state index >= 15 is 0 Å². The predicted octanol–water partition coefficient (Wildman–Crippen LogP) is 12.8. The molecule has 10 heteroatoms. The van der Waals surface area contributed by atoms with Gasteiger partial charge in [0.05, 0.1) is 0 Å². The average molecular weight is 809 g/mol. The summed E-state index contributed by atoms with van der Waals surface area (Å²) in [5.41, 5.74) is 7.38. The Bertz CT molecular complexity index is 2750. The van der Waals surface area contributed by atoms with Gasteiger partial charge in [0.2, 0.25) is 23.3 Å². The first kappa shape index (κ1) is 40.7. The van der Waals surface area contributed by atoms with Crippen LogP contribution < -0.4 is 0 Å². The fraction of sp³-hybridized carbons (Fsp3) is 0.0800. The zero-order chi connectivity index (χ0) is 43.2. The van der Waals surface area contributed by atoms with E-state index in [9.17, 15) is 47.6 Å². The lowest BCUT2D eigenvalue weighted by molar-refractivity contribution is -0.120. The molecule has 1 aliphatic rings. The summed E-state index contributed by atoms with van der Waals surface area (Å²) in [5, 5.41) is 50.2. The number of aryl methyl sites for hydroxylation is 4. The molecule has 9 rings (SSSR count). The van der Waals surface area contributed by atoms with Gasteiger partial charge in [0.25, 0.3) is 11.6 Å². The maximum atomic E-state index is 12.1. The zero-order valence-electron chi connectivity index (χ0n) is 32.7. The Kier molecular flexibility index (Phi) is 10.9. The van der Waals surface area contributed by atoms with Crippen LogP contribution in [0.5, 0.6) is 23.0 Å². The summed E-state index contributed by atoms with van der Waals surface area (Å²) in [6.07, 6.45) is 0. The number of allylic oxidation sites excluding steroid dienone is 4. The van der Waals surface area contributed by atoms with Crippen LogP contribution in [-0.4, -0.2) is 32.0 Å². The summed E-state index contributed by atoms with van der Waals surface area (Å²) in [7, 11) is 0. The molecule has 0 aliphatic heterocycles. The first-order valence-electron chi connectivity index (χ1n) is 18.7. The van der Waals surface area contributed by atoms with Crippen LogP contribution in [0.2, 0.25) is 0 Å². The third-order valence-corrected chi connectivity index (χ3v) is 10.3. The number of fused-ring (bicyclic) bond motifs is 4. The van der Waals surface area contributed by atoms with E-state index in [1.807, 2.05) is 100 Å². The van der Waals surface area contributed by atoms with E-state index in [4.69, 9.17) is 0 Å². The van der Waals surface area contributed by atoms with Crippen LogP contribution in [0.15, 0.2) is 145 Å². The Hall–Kier alpha value is -7.46. The number of hydrogen-bond acceptors (Lipinski definition) is 6. The molecule has 0 heterocycles. The summed E-state index contributed by atoms with van der Waals surface area (Å²) in [5.74, 6) is -12.2. The SMILES string of the molecule is Cc1ccc2c(-c3c(O)ccc4cc(C)ccc34)c(O)ccc2c1.Cc1ccc2c(-c3c(O)ccc4cc(C)ccc34)c(O)ccc2c1.O=C1C(F)=C(F)C(=O)C(F)=C1F. The van der Waals surface area contributed by atoms with Gasteiger partial charge in [-0.2, -0.15) is 17.6 Å². The lowest BCUT2D eigenvalue weighted by Crippen LogP contribution is -2.16. The highest BCUT2D eigenvalue weighted by Crippen LogP contribution is 2.46. The Morgan fingerprint density at radius 2 is 0.517 bits per heavy atom. The number of carbonyl (C=O) groups excluding carboxylic acids is 2. The second-order valence-electron chi connectivity index (χ2n) is 14.7. The molecule has 0 fully saturated rings. The quantitative estimate of drug-likeness (QED) is 0.102. The molecule has 60 heavy (non-hydrogen) atoms. The van der Waals surface area contributed by atoms with E-state index in [0.717, 1.165) is 65.3 Å². The molecule has 0 aromatic heterocycles. The van der Waals surface area contributed by atoms with Gasteiger partial charge in [0.1, 0.15) is 23.0 Å². The molecule has 0 unspecified atom stereocenters. The third kappa shape index (κ3) is 7.51. The van der Waals surface area contributed by atoms with Crippen LogP contribution >= 0.6 is 0 Å². The second-order valence-corrected chi connectivity index (χ2v) is 14.7. The van der Waals surface area contributed by atoms with E-state index in [2.05, 4.69) is 24.3 Å². The number of phenolic OH excluding ortho intramolecular Hbond substituents is 4. The first-order chi connectivity index (χ1) is 28.5. The van der Waals surface area contributed by atoms with Crippen molar-refractivity contribution >= 4 is 54.7 Å². The molecule has 8 aromatic carbocycles. The van der Waals surface area contributed by atoms with E-state index < -0.39 is 34.9 Å². The third-order valence-electron chi connectivity index (χ3n) is 10.3. The molecular weight excluding hydrogens is 773 g/mol. The van der Waals surface area contributed by atoms with E-state index in [1.165, 1.54) is 0 Å². The van der Waals surface area contributed by atoms with E-state index in [1.54, 1.807) is 24.3 Å². The van der Waals surface area contributed by atoms with Crippen molar-refractivity contribution in [2.24, 2.45) is 0 Å². The van der Waals surface area contributed by atoms with Gasteiger partial charge in [-0.15, -0.1) is 0 Å². The summed E-state index contributed by atoms with van der Waals surface area (Å²) >= 11 is 0. The van der Waals surface area contributed by atoms with Crippen LogP contribution in [0, 0.1) is 27.7 Å². The van der Waals surface area contributed by atoms with Crippen LogP contribution in [0.25, 0.3) is 65.3 Å². The Balaban J connectivity index is 0.000000144. The number of ketones is 2. The van der Waals surface area contributed by atoms with Crippen molar-refractivity contribution in [3.8, 4) is 45.3 Å². The molecule has 0 amide bonds. The normalized spacial score (nSPS) is 12.9. The molecule has 8 aromatic rings. The van der Waals surface area contributed by atoms with E-state index in [0.29, 0.717) is 22.3 Å². The fourth-order valence-electron chi connectivity index (χ4n) is 7.39. The maximum Gasteiger partial charge on any atom is 0.256 e. The zero-order valence-corrected chi connectivity index (χ0v) is 32.7. The number of aromatic hydroxyl groups is 4. The number of carbonyl (C=O) groups is 2. The van der Waals surface area contributed by atoms with Crippen LogP contribution in [-0.2, 0) is 9.59 Å². The molecule has 1 aliphatic carbocycles. The molecule has 0 radical (unpaired) electrons. The highest BCUT2D eigenvalue weighted by atomic mass is 19.2. The van der Waals surface area contributed by atoms with Gasteiger partial charge in [-0.3, -0.25) is 9.59 Å². The Morgan fingerprint density at radius 1 is 0.317 bits per heavy atom. The number of rotatable bonds is 2. The molecular formula is C50H36F4O6. The molecule has 0 spiro atoms. The number of hydrogen-bond donors (Lipinski definition) is 4.